The lowest BCUT2D eigenvalue weighted by Gasteiger charge is -2.19. The Kier molecular flexibility index (Phi) is 5.34. The Morgan fingerprint density at radius 3 is 2.41 bits per heavy atom. The fourth-order valence-electron chi connectivity index (χ4n) is 2.59. The van der Waals surface area contributed by atoms with Crippen molar-refractivity contribution in [3.05, 3.63) is 33.8 Å². The highest BCUT2D eigenvalue weighted by atomic mass is 79.9. The standard InChI is InChI=1S/C16H19BrN2O3/c1-3-18(4-2)14(20)6-5-9-19-15(21)12-8-7-11(17)10-13(12)16(19)22/h7-8,10H,3-6,9H2,1-2H3. The maximum Gasteiger partial charge on any atom is 0.261 e. The van der Waals surface area contributed by atoms with E-state index in [1.807, 2.05) is 13.8 Å². The monoisotopic (exact) mass is 366 g/mol. The lowest BCUT2D eigenvalue weighted by Crippen LogP contribution is -2.33. The number of imide groups is 1. The SMILES string of the molecule is CCN(CC)C(=O)CCCN1C(=O)c2ccc(Br)cc2C1=O. The molecule has 3 amide bonds. The largest absolute Gasteiger partial charge is 0.343 e. The van der Waals surface area contributed by atoms with Crippen LogP contribution in [0.5, 0.6) is 0 Å². The molecule has 22 heavy (non-hydrogen) atoms. The van der Waals surface area contributed by atoms with Gasteiger partial charge >= 0.3 is 0 Å². The first-order valence-corrected chi connectivity index (χ1v) is 8.22. The van der Waals surface area contributed by atoms with Gasteiger partial charge in [0.05, 0.1) is 11.1 Å². The number of carbonyl (C=O) groups excluding carboxylic acids is 3. The minimum absolute atomic E-state index is 0.0596. The molecule has 118 valence electrons. The summed E-state index contributed by atoms with van der Waals surface area (Å²) in [4.78, 5) is 39.4. The molecule has 0 saturated heterocycles. The molecule has 2 rings (SSSR count). The van der Waals surface area contributed by atoms with Crippen LogP contribution in [0.25, 0.3) is 0 Å². The van der Waals surface area contributed by atoms with E-state index in [1.54, 1.807) is 23.1 Å². The van der Waals surface area contributed by atoms with Gasteiger partial charge in [-0.25, -0.2) is 0 Å². The first kappa shape index (κ1) is 16.7. The second-order valence-corrected chi connectivity index (χ2v) is 6.04. The highest BCUT2D eigenvalue weighted by molar-refractivity contribution is 9.10. The van der Waals surface area contributed by atoms with Crippen molar-refractivity contribution in [3.63, 3.8) is 0 Å². The fourth-order valence-corrected chi connectivity index (χ4v) is 2.95. The molecule has 0 unspecified atom stereocenters. The molecule has 0 spiro atoms. The predicted octanol–water partition coefficient (Wildman–Crippen LogP) is 2.69. The summed E-state index contributed by atoms with van der Waals surface area (Å²) in [5, 5.41) is 0. The van der Waals surface area contributed by atoms with E-state index in [2.05, 4.69) is 15.9 Å². The Morgan fingerprint density at radius 2 is 1.77 bits per heavy atom. The quantitative estimate of drug-likeness (QED) is 0.727. The molecule has 1 aromatic carbocycles. The Balaban J connectivity index is 1.97. The van der Waals surface area contributed by atoms with Crippen LogP contribution in [0.2, 0.25) is 0 Å². The van der Waals surface area contributed by atoms with E-state index in [-0.39, 0.29) is 24.3 Å². The minimum atomic E-state index is -0.281. The van der Waals surface area contributed by atoms with Crippen molar-refractivity contribution in [2.45, 2.75) is 26.7 Å². The summed E-state index contributed by atoms with van der Waals surface area (Å²) >= 11 is 3.30. The van der Waals surface area contributed by atoms with Gasteiger partial charge in [-0.3, -0.25) is 19.3 Å². The van der Waals surface area contributed by atoms with E-state index in [0.29, 0.717) is 37.1 Å². The molecule has 0 aromatic heterocycles. The first-order valence-electron chi connectivity index (χ1n) is 7.43. The van der Waals surface area contributed by atoms with Crippen LogP contribution in [-0.4, -0.2) is 47.2 Å². The molecule has 1 aromatic rings. The van der Waals surface area contributed by atoms with E-state index in [4.69, 9.17) is 0 Å². The van der Waals surface area contributed by atoms with Crippen LogP contribution in [0.4, 0.5) is 0 Å². The number of amides is 3. The summed E-state index contributed by atoms with van der Waals surface area (Å²) in [6, 6.07) is 5.06. The Bertz CT molecular complexity index is 611. The maximum atomic E-state index is 12.3. The van der Waals surface area contributed by atoms with Crippen LogP contribution in [0, 0.1) is 0 Å². The lowest BCUT2D eigenvalue weighted by atomic mass is 10.1. The smallest absolute Gasteiger partial charge is 0.261 e. The molecule has 0 N–H and O–H groups in total. The normalized spacial score (nSPS) is 13.5. The fraction of sp³-hybridized carbons (Fsp3) is 0.438. The molecule has 0 fully saturated rings. The number of hydrogen-bond donors (Lipinski definition) is 0. The van der Waals surface area contributed by atoms with Crippen molar-refractivity contribution in [2.75, 3.05) is 19.6 Å². The number of rotatable bonds is 6. The van der Waals surface area contributed by atoms with Crippen LogP contribution in [0.3, 0.4) is 0 Å². The summed E-state index contributed by atoms with van der Waals surface area (Å²) in [5.74, 6) is -0.497. The molecular weight excluding hydrogens is 348 g/mol. The number of fused-ring (bicyclic) bond motifs is 1. The van der Waals surface area contributed by atoms with Gasteiger partial charge in [-0.1, -0.05) is 15.9 Å². The molecule has 0 bridgehead atoms. The number of nitrogens with zero attached hydrogens (tertiary/aromatic N) is 2. The minimum Gasteiger partial charge on any atom is -0.343 e. The number of carbonyl (C=O) groups is 3. The van der Waals surface area contributed by atoms with E-state index in [9.17, 15) is 14.4 Å². The van der Waals surface area contributed by atoms with Crippen LogP contribution in [0.15, 0.2) is 22.7 Å². The van der Waals surface area contributed by atoms with Gasteiger partial charge in [-0.05, 0) is 38.5 Å². The number of hydrogen-bond acceptors (Lipinski definition) is 3. The summed E-state index contributed by atoms with van der Waals surface area (Å²) < 4.78 is 0.769. The molecule has 0 radical (unpaired) electrons. The molecule has 6 heteroatoms. The zero-order valence-corrected chi connectivity index (χ0v) is 14.4. The molecule has 5 nitrogen and oxygen atoms in total. The average Bonchev–Trinajstić information content (AvgIpc) is 2.73. The van der Waals surface area contributed by atoms with E-state index in [0.717, 1.165) is 4.47 Å². The first-order chi connectivity index (χ1) is 10.5. The summed E-state index contributed by atoms with van der Waals surface area (Å²) in [7, 11) is 0. The van der Waals surface area contributed by atoms with Crippen LogP contribution >= 0.6 is 15.9 Å². The van der Waals surface area contributed by atoms with Crippen LogP contribution in [0.1, 0.15) is 47.4 Å². The van der Waals surface area contributed by atoms with Gasteiger partial charge < -0.3 is 4.90 Å². The zero-order chi connectivity index (χ0) is 16.3. The van der Waals surface area contributed by atoms with Gasteiger partial charge in [0.1, 0.15) is 0 Å². The zero-order valence-electron chi connectivity index (χ0n) is 12.8. The van der Waals surface area contributed by atoms with Gasteiger partial charge in [-0.15, -0.1) is 0 Å². The van der Waals surface area contributed by atoms with Crippen molar-refractivity contribution in [1.82, 2.24) is 9.80 Å². The van der Waals surface area contributed by atoms with Crippen LogP contribution in [-0.2, 0) is 4.79 Å². The second-order valence-electron chi connectivity index (χ2n) is 5.12. The Morgan fingerprint density at radius 1 is 1.14 bits per heavy atom. The maximum absolute atomic E-state index is 12.3. The second kappa shape index (κ2) is 7.05. The van der Waals surface area contributed by atoms with E-state index >= 15 is 0 Å². The molecule has 1 heterocycles. The lowest BCUT2D eigenvalue weighted by molar-refractivity contribution is -0.130. The third kappa shape index (κ3) is 3.21. The highest BCUT2D eigenvalue weighted by Crippen LogP contribution is 2.26. The van der Waals surface area contributed by atoms with Gasteiger partial charge in [0, 0.05) is 30.5 Å². The van der Waals surface area contributed by atoms with Crippen molar-refractivity contribution < 1.29 is 14.4 Å². The van der Waals surface area contributed by atoms with Crippen molar-refractivity contribution >= 4 is 33.7 Å². The molecule has 1 aliphatic rings. The Labute approximate surface area is 138 Å². The summed E-state index contributed by atoms with van der Waals surface area (Å²) in [5.41, 5.74) is 0.859. The van der Waals surface area contributed by atoms with Gasteiger partial charge in [0.15, 0.2) is 0 Å². The average molecular weight is 367 g/mol. The molecule has 0 aliphatic carbocycles. The topological polar surface area (TPSA) is 57.7 Å². The van der Waals surface area contributed by atoms with Gasteiger partial charge in [0.2, 0.25) is 5.91 Å². The predicted molar refractivity (Wildman–Crippen MR) is 86.7 cm³/mol. The summed E-state index contributed by atoms with van der Waals surface area (Å²) in [6.07, 6.45) is 0.834. The summed E-state index contributed by atoms with van der Waals surface area (Å²) in [6.45, 7) is 5.50. The van der Waals surface area contributed by atoms with Crippen molar-refractivity contribution in [1.29, 1.82) is 0 Å². The van der Waals surface area contributed by atoms with Crippen LogP contribution < -0.4 is 0 Å². The third-order valence-electron chi connectivity index (χ3n) is 3.82. The molecule has 0 saturated carbocycles. The van der Waals surface area contributed by atoms with Crippen molar-refractivity contribution in [3.8, 4) is 0 Å². The highest BCUT2D eigenvalue weighted by Gasteiger charge is 2.35. The molecule has 1 aliphatic heterocycles. The number of benzene rings is 1. The van der Waals surface area contributed by atoms with E-state index in [1.165, 1.54) is 4.90 Å². The number of halogens is 1. The Hall–Kier alpha value is -1.69. The van der Waals surface area contributed by atoms with E-state index < -0.39 is 0 Å². The van der Waals surface area contributed by atoms with Crippen molar-refractivity contribution in [2.24, 2.45) is 0 Å². The molecular formula is C16H19BrN2O3. The third-order valence-corrected chi connectivity index (χ3v) is 4.31. The molecule has 0 atom stereocenters. The van der Waals surface area contributed by atoms with Gasteiger partial charge in [-0.2, -0.15) is 0 Å². The van der Waals surface area contributed by atoms with Gasteiger partial charge in [0.25, 0.3) is 11.8 Å².